The molecule has 1 fully saturated rings. The average molecular weight is 442 g/mol. The summed E-state index contributed by atoms with van der Waals surface area (Å²) in [6.45, 7) is 1.80. The first kappa shape index (κ1) is 19.7. The third-order valence-corrected chi connectivity index (χ3v) is 6.38. The van der Waals surface area contributed by atoms with E-state index in [1.165, 1.54) is 9.58 Å². The van der Waals surface area contributed by atoms with E-state index < -0.39 is 0 Å². The van der Waals surface area contributed by atoms with Crippen LogP contribution in [0, 0.1) is 6.92 Å². The zero-order chi connectivity index (χ0) is 20.7. The Labute approximate surface area is 182 Å². The van der Waals surface area contributed by atoms with Crippen LogP contribution in [0.4, 0.5) is 5.69 Å². The number of benzene rings is 2. The number of amides is 1. The summed E-state index contributed by atoms with van der Waals surface area (Å²) < 4.78 is 3.57. The van der Waals surface area contributed by atoms with Gasteiger partial charge in [0.05, 0.1) is 16.3 Å². The van der Waals surface area contributed by atoms with Gasteiger partial charge in [-0.3, -0.25) is 19.2 Å². The molecule has 2 aromatic carbocycles. The fraction of sp³-hybridized carbons (Fsp3) is 0.0952. The molecule has 0 unspecified atom stereocenters. The first-order valence-electron chi connectivity index (χ1n) is 8.76. The summed E-state index contributed by atoms with van der Waals surface area (Å²) in [5, 5.41) is 0.542. The van der Waals surface area contributed by atoms with Gasteiger partial charge in [0.15, 0.2) is 4.32 Å². The first-order valence-corrected chi connectivity index (χ1v) is 10.4. The van der Waals surface area contributed by atoms with Crippen LogP contribution in [-0.2, 0) is 11.8 Å². The molecule has 4 rings (SSSR count). The fourth-order valence-corrected chi connectivity index (χ4v) is 4.66. The Hall–Kier alpha value is -2.61. The molecule has 0 saturated carbocycles. The second kappa shape index (κ2) is 7.67. The van der Waals surface area contributed by atoms with Crippen molar-refractivity contribution in [2.45, 2.75) is 6.92 Å². The van der Waals surface area contributed by atoms with E-state index in [1.54, 1.807) is 30.8 Å². The van der Waals surface area contributed by atoms with Crippen LogP contribution in [0.1, 0.15) is 11.3 Å². The maximum absolute atomic E-state index is 13.2. The number of nitrogens with zero attached hydrogens (tertiary/aromatic N) is 3. The number of para-hydroxylation sites is 1. The number of carbonyl (C=O) groups is 1. The van der Waals surface area contributed by atoms with Crippen LogP contribution >= 0.6 is 35.6 Å². The zero-order valence-corrected chi connectivity index (χ0v) is 18.0. The molecule has 8 heteroatoms. The molecule has 5 nitrogen and oxygen atoms in total. The first-order chi connectivity index (χ1) is 13.9. The predicted molar refractivity (Wildman–Crippen MR) is 123 cm³/mol. The second-order valence-corrected chi connectivity index (χ2v) is 8.53. The van der Waals surface area contributed by atoms with Crippen molar-refractivity contribution in [1.82, 2.24) is 9.36 Å². The Morgan fingerprint density at radius 2 is 1.69 bits per heavy atom. The van der Waals surface area contributed by atoms with Crippen LogP contribution in [0.25, 0.3) is 11.8 Å². The number of thiocarbonyl (C=S) groups is 1. The summed E-state index contributed by atoms with van der Waals surface area (Å²) in [5.74, 6) is -0.328. The normalized spacial score (nSPS) is 15.6. The molecule has 1 amide bonds. The summed E-state index contributed by atoms with van der Waals surface area (Å²) in [6.07, 6.45) is 1.70. The Balaban J connectivity index is 1.80. The molecule has 0 N–H and O–H groups in total. The topological polar surface area (TPSA) is 47.2 Å². The molecule has 1 aliphatic heterocycles. The van der Waals surface area contributed by atoms with Gasteiger partial charge in [-0.25, -0.2) is 4.68 Å². The number of aromatic nitrogens is 2. The van der Waals surface area contributed by atoms with Crippen LogP contribution in [0.2, 0.25) is 5.02 Å². The van der Waals surface area contributed by atoms with Gasteiger partial charge in [-0.1, -0.05) is 72.0 Å². The van der Waals surface area contributed by atoms with Gasteiger partial charge in [0, 0.05) is 12.1 Å². The molecule has 0 atom stereocenters. The quantitative estimate of drug-likeness (QED) is 0.442. The van der Waals surface area contributed by atoms with Gasteiger partial charge in [-0.2, -0.15) is 0 Å². The van der Waals surface area contributed by atoms with Crippen molar-refractivity contribution in [3.8, 4) is 5.69 Å². The monoisotopic (exact) mass is 441 g/mol. The van der Waals surface area contributed by atoms with E-state index in [0.717, 1.165) is 17.3 Å². The molecular formula is C21H16ClN3O2S2. The average Bonchev–Trinajstić information content (AvgIpc) is 3.10. The van der Waals surface area contributed by atoms with Crippen LogP contribution < -0.4 is 10.5 Å². The lowest BCUT2D eigenvalue weighted by atomic mass is 10.2. The van der Waals surface area contributed by atoms with Crippen molar-refractivity contribution in [2.75, 3.05) is 4.90 Å². The third kappa shape index (κ3) is 3.35. The molecule has 1 aliphatic rings. The van der Waals surface area contributed by atoms with E-state index in [1.807, 2.05) is 48.5 Å². The Morgan fingerprint density at radius 3 is 2.38 bits per heavy atom. The minimum Gasteiger partial charge on any atom is -0.283 e. The zero-order valence-electron chi connectivity index (χ0n) is 15.6. The maximum atomic E-state index is 13.2. The molecule has 1 saturated heterocycles. The summed E-state index contributed by atoms with van der Waals surface area (Å²) in [6, 6.07) is 16.5. The summed E-state index contributed by atoms with van der Waals surface area (Å²) in [7, 11) is 1.78. The van der Waals surface area contributed by atoms with E-state index in [9.17, 15) is 9.59 Å². The van der Waals surface area contributed by atoms with Crippen molar-refractivity contribution in [2.24, 2.45) is 7.05 Å². The number of carbonyl (C=O) groups excluding carboxylic acids is 1. The van der Waals surface area contributed by atoms with Crippen molar-refractivity contribution < 1.29 is 4.79 Å². The highest BCUT2D eigenvalue weighted by Gasteiger charge is 2.37. The van der Waals surface area contributed by atoms with Gasteiger partial charge in [0.2, 0.25) is 0 Å². The third-order valence-electron chi connectivity index (χ3n) is 4.73. The van der Waals surface area contributed by atoms with Gasteiger partial charge >= 0.3 is 0 Å². The molecule has 3 aromatic rings. The summed E-state index contributed by atoms with van der Waals surface area (Å²) in [4.78, 5) is 28.1. The highest BCUT2D eigenvalue weighted by atomic mass is 35.5. The largest absolute Gasteiger partial charge is 0.296 e. The molecule has 0 aliphatic carbocycles. The van der Waals surface area contributed by atoms with E-state index in [0.29, 0.717) is 25.6 Å². The SMILES string of the molecule is Cc1c(N2C(=O)/C(=C/c3ccccc3Cl)SC2=S)c(=O)n(-c2ccccc2)n1C. The lowest BCUT2D eigenvalue weighted by Gasteiger charge is -2.12. The van der Waals surface area contributed by atoms with Gasteiger partial charge in [0.1, 0.15) is 5.69 Å². The number of rotatable bonds is 3. The fourth-order valence-electron chi connectivity index (χ4n) is 3.21. The summed E-state index contributed by atoms with van der Waals surface area (Å²) >= 11 is 12.8. The van der Waals surface area contributed by atoms with Gasteiger partial charge in [-0.15, -0.1) is 0 Å². The van der Waals surface area contributed by atoms with Gasteiger partial charge in [-0.05, 0) is 36.8 Å². The number of hydrogen-bond donors (Lipinski definition) is 0. The highest BCUT2D eigenvalue weighted by molar-refractivity contribution is 8.27. The molecule has 2 heterocycles. The van der Waals surface area contributed by atoms with Crippen molar-refractivity contribution in [3.63, 3.8) is 0 Å². The van der Waals surface area contributed by atoms with Crippen LogP contribution in [-0.4, -0.2) is 19.6 Å². The Kier molecular flexibility index (Phi) is 5.21. The van der Waals surface area contributed by atoms with Crippen molar-refractivity contribution >= 4 is 57.6 Å². The van der Waals surface area contributed by atoms with Gasteiger partial charge in [0.25, 0.3) is 11.5 Å². The molecule has 29 heavy (non-hydrogen) atoms. The minimum absolute atomic E-state index is 0.265. The predicted octanol–water partition coefficient (Wildman–Crippen LogP) is 4.54. The minimum atomic E-state index is -0.328. The number of anilines is 1. The van der Waals surface area contributed by atoms with E-state index in [2.05, 4.69) is 0 Å². The van der Waals surface area contributed by atoms with Crippen LogP contribution in [0.15, 0.2) is 64.3 Å². The lowest BCUT2D eigenvalue weighted by molar-refractivity contribution is -0.113. The molecule has 1 aromatic heterocycles. The maximum Gasteiger partial charge on any atom is 0.296 e. The number of halogens is 1. The van der Waals surface area contributed by atoms with E-state index in [4.69, 9.17) is 23.8 Å². The standard InChI is InChI=1S/C21H16ClN3O2S2/c1-13-18(20(27)25(23(13)2)15-9-4-3-5-10-15)24-19(26)17(29-21(24)28)12-14-8-6-7-11-16(14)22/h3-12H,1-2H3/b17-12-. The van der Waals surface area contributed by atoms with Crippen LogP contribution in [0.3, 0.4) is 0 Å². The van der Waals surface area contributed by atoms with Crippen molar-refractivity contribution in [1.29, 1.82) is 0 Å². The van der Waals surface area contributed by atoms with E-state index in [-0.39, 0.29) is 17.2 Å². The Morgan fingerprint density at radius 1 is 1.03 bits per heavy atom. The van der Waals surface area contributed by atoms with Crippen molar-refractivity contribution in [3.05, 3.63) is 86.1 Å². The molecule has 146 valence electrons. The molecular weight excluding hydrogens is 426 g/mol. The molecule has 0 radical (unpaired) electrons. The number of hydrogen-bond acceptors (Lipinski definition) is 4. The molecule has 0 bridgehead atoms. The summed E-state index contributed by atoms with van der Waals surface area (Å²) in [5.41, 5.74) is 2.05. The molecule has 0 spiro atoms. The second-order valence-electron chi connectivity index (χ2n) is 6.45. The lowest BCUT2D eigenvalue weighted by Crippen LogP contribution is -2.33. The highest BCUT2D eigenvalue weighted by Crippen LogP contribution is 2.37. The van der Waals surface area contributed by atoms with E-state index >= 15 is 0 Å². The smallest absolute Gasteiger partial charge is 0.283 e. The number of thioether (sulfide) groups is 1. The van der Waals surface area contributed by atoms with Gasteiger partial charge < -0.3 is 0 Å². The van der Waals surface area contributed by atoms with Crippen LogP contribution in [0.5, 0.6) is 0 Å². The Bertz CT molecular complexity index is 1230.